The highest BCUT2D eigenvalue weighted by Gasteiger charge is 2.17. The van der Waals surface area contributed by atoms with E-state index in [0.717, 1.165) is 5.56 Å². The van der Waals surface area contributed by atoms with E-state index in [1.165, 1.54) is 60.7 Å². The molecule has 0 saturated carbocycles. The van der Waals surface area contributed by atoms with Crippen molar-refractivity contribution in [3.8, 4) is 0 Å². The minimum absolute atomic E-state index is 0.000452. The summed E-state index contributed by atoms with van der Waals surface area (Å²) in [5, 5.41) is 3.11. The monoisotopic (exact) mass is 555 g/mol. The molecule has 4 aromatic rings. The minimum Gasteiger partial charge on any atom is -0.322 e. The second-order valence-electron chi connectivity index (χ2n) is 8.05. The number of carbonyl (C=O) groups is 1. The van der Waals surface area contributed by atoms with E-state index >= 15 is 0 Å². The van der Waals surface area contributed by atoms with E-state index in [4.69, 9.17) is 11.6 Å². The number of sulfonamides is 2. The van der Waals surface area contributed by atoms with E-state index in [-0.39, 0.29) is 21.0 Å². The Morgan fingerprint density at radius 3 is 1.84 bits per heavy atom. The number of hydrogen-bond donors (Lipinski definition) is 3. The lowest BCUT2D eigenvalue weighted by molar-refractivity contribution is 0.102. The maximum Gasteiger partial charge on any atom is 0.261 e. The summed E-state index contributed by atoms with van der Waals surface area (Å²) < 4.78 is 55.5. The number of anilines is 3. The van der Waals surface area contributed by atoms with E-state index in [9.17, 15) is 21.6 Å². The number of nitrogens with one attached hydrogen (secondary N) is 3. The van der Waals surface area contributed by atoms with Gasteiger partial charge in [-0.25, -0.2) is 16.8 Å². The number of benzene rings is 4. The molecule has 0 heterocycles. The second kappa shape index (κ2) is 10.6. The Kier molecular flexibility index (Phi) is 7.53. The Morgan fingerprint density at radius 2 is 1.22 bits per heavy atom. The average Bonchev–Trinajstić information content (AvgIpc) is 2.87. The number of halogens is 1. The Bertz CT molecular complexity index is 1660. The summed E-state index contributed by atoms with van der Waals surface area (Å²) in [6, 6.07) is 24.4. The first-order chi connectivity index (χ1) is 17.5. The first kappa shape index (κ1) is 26.2. The SMILES string of the molecule is Cc1ccc(NS(=O)(=O)c2ccc(NC(=O)c3cccc(NS(=O)(=O)c4ccccc4)c3)cc2)cc1Cl. The third kappa shape index (κ3) is 6.48. The molecule has 1 amide bonds. The van der Waals surface area contributed by atoms with Crippen LogP contribution >= 0.6 is 11.6 Å². The molecule has 3 N–H and O–H groups in total. The van der Waals surface area contributed by atoms with Gasteiger partial charge in [0.25, 0.3) is 26.0 Å². The first-order valence-electron chi connectivity index (χ1n) is 10.9. The third-order valence-corrected chi connectivity index (χ3v) is 8.48. The molecule has 37 heavy (non-hydrogen) atoms. The van der Waals surface area contributed by atoms with Gasteiger partial charge in [-0.05, 0) is 79.2 Å². The van der Waals surface area contributed by atoms with E-state index in [1.807, 2.05) is 6.92 Å². The quantitative estimate of drug-likeness (QED) is 0.265. The molecule has 4 aromatic carbocycles. The molecule has 0 bridgehead atoms. The predicted molar refractivity (Wildman–Crippen MR) is 145 cm³/mol. The first-order valence-corrected chi connectivity index (χ1v) is 14.3. The number of amides is 1. The van der Waals surface area contributed by atoms with Crippen LogP contribution in [0.25, 0.3) is 0 Å². The van der Waals surface area contributed by atoms with Gasteiger partial charge in [0.15, 0.2) is 0 Å². The van der Waals surface area contributed by atoms with E-state index in [0.29, 0.717) is 16.4 Å². The van der Waals surface area contributed by atoms with Crippen LogP contribution in [0.4, 0.5) is 17.1 Å². The van der Waals surface area contributed by atoms with Gasteiger partial charge in [0, 0.05) is 22.0 Å². The maximum absolute atomic E-state index is 12.8. The highest BCUT2D eigenvalue weighted by molar-refractivity contribution is 7.93. The molecule has 0 aliphatic heterocycles. The van der Waals surface area contributed by atoms with Crippen molar-refractivity contribution in [3.05, 3.63) is 113 Å². The van der Waals surface area contributed by atoms with Gasteiger partial charge in [0.05, 0.1) is 15.5 Å². The van der Waals surface area contributed by atoms with Crippen LogP contribution in [0.15, 0.2) is 107 Å². The van der Waals surface area contributed by atoms with Crippen molar-refractivity contribution in [2.45, 2.75) is 16.7 Å². The van der Waals surface area contributed by atoms with Gasteiger partial charge in [-0.1, -0.05) is 41.9 Å². The fourth-order valence-electron chi connectivity index (χ4n) is 3.33. The smallest absolute Gasteiger partial charge is 0.261 e. The Hall–Kier alpha value is -3.86. The largest absolute Gasteiger partial charge is 0.322 e. The summed E-state index contributed by atoms with van der Waals surface area (Å²) in [5.74, 6) is -0.496. The average molecular weight is 556 g/mol. The second-order valence-corrected chi connectivity index (χ2v) is 11.8. The lowest BCUT2D eigenvalue weighted by Gasteiger charge is -2.11. The van der Waals surface area contributed by atoms with Gasteiger partial charge in [-0.2, -0.15) is 0 Å². The Morgan fingerprint density at radius 1 is 0.649 bits per heavy atom. The number of carbonyl (C=O) groups excluding carboxylic acids is 1. The van der Waals surface area contributed by atoms with Gasteiger partial charge < -0.3 is 5.32 Å². The van der Waals surface area contributed by atoms with Crippen molar-refractivity contribution in [3.63, 3.8) is 0 Å². The molecule has 11 heteroatoms. The summed E-state index contributed by atoms with van der Waals surface area (Å²) in [5.41, 5.74) is 1.94. The lowest BCUT2D eigenvalue weighted by Crippen LogP contribution is -2.15. The normalized spacial score (nSPS) is 11.5. The van der Waals surface area contributed by atoms with Crippen molar-refractivity contribution in [1.29, 1.82) is 0 Å². The van der Waals surface area contributed by atoms with Crippen LogP contribution in [-0.2, 0) is 20.0 Å². The van der Waals surface area contributed by atoms with E-state index in [1.54, 1.807) is 36.4 Å². The molecule has 0 radical (unpaired) electrons. The van der Waals surface area contributed by atoms with Crippen LogP contribution in [0.5, 0.6) is 0 Å². The number of aryl methyl sites for hydroxylation is 1. The highest BCUT2D eigenvalue weighted by atomic mass is 35.5. The summed E-state index contributed by atoms with van der Waals surface area (Å²) in [7, 11) is -7.69. The maximum atomic E-state index is 12.8. The molecular weight excluding hydrogens is 534 g/mol. The highest BCUT2D eigenvalue weighted by Crippen LogP contribution is 2.24. The van der Waals surface area contributed by atoms with Crippen LogP contribution in [0, 0.1) is 6.92 Å². The van der Waals surface area contributed by atoms with Crippen molar-refractivity contribution < 1.29 is 21.6 Å². The fourth-order valence-corrected chi connectivity index (χ4v) is 5.63. The fraction of sp³-hybridized carbons (Fsp3) is 0.0385. The molecule has 0 aliphatic rings. The zero-order valence-electron chi connectivity index (χ0n) is 19.5. The van der Waals surface area contributed by atoms with Crippen LogP contribution in [-0.4, -0.2) is 22.7 Å². The Balaban J connectivity index is 1.44. The third-order valence-electron chi connectivity index (χ3n) is 5.28. The van der Waals surface area contributed by atoms with E-state index in [2.05, 4.69) is 14.8 Å². The van der Waals surface area contributed by atoms with Gasteiger partial charge in [0.1, 0.15) is 0 Å². The molecule has 0 unspecified atom stereocenters. The lowest BCUT2D eigenvalue weighted by atomic mass is 10.2. The molecule has 0 fully saturated rings. The molecular formula is C26H22ClN3O5S2. The summed E-state index contributed by atoms with van der Waals surface area (Å²) in [6.45, 7) is 1.81. The minimum atomic E-state index is -3.87. The van der Waals surface area contributed by atoms with Crippen LogP contribution in [0.2, 0.25) is 5.02 Å². The van der Waals surface area contributed by atoms with Gasteiger partial charge in [0.2, 0.25) is 0 Å². The zero-order valence-corrected chi connectivity index (χ0v) is 21.9. The molecule has 4 rings (SSSR count). The summed E-state index contributed by atoms with van der Waals surface area (Å²) >= 11 is 6.07. The molecule has 0 aromatic heterocycles. The summed E-state index contributed by atoms with van der Waals surface area (Å²) in [4.78, 5) is 12.8. The molecule has 190 valence electrons. The van der Waals surface area contributed by atoms with Crippen LogP contribution < -0.4 is 14.8 Å². The molecule has 0 atom stereocenters. The molecule has 8 nitrogen and oxygen atoms in total. The zero-order chi connectivity index (χ0) is 26.6. The molecule has 0 aliphatic carbocycles. The standard InChI is InChI=1S/C26H22ClN3O5S2/c1-18-10-11-22(17-25(18)27)30-37(34,35)24-14-12-20(13-15-24)28-26(31)19-6-5-7-21(16-19)29-36(32,33)23-8-3-2-4-9-23/h2-17,29-30H,1H3,(H,28,31). The predicted octanol–water partition coefficient (Wildman–Crippen LogP) is 5.50. The van der Waals surface area contributed by atoms with Crippen molar-refractivity contribution in [2.75, 3.05) is 14.8 Å². The summed E-state index contributed by atoms with van der Waals surface area (Å²) in [6.07, 6.45) is 0. The molecule has 0 saturated heterocycles. The van der Waals surface area contributed by atoms with Crippen molar-refractivity contribution >= 4 is 54.6 Å². The topological polar surface area (TPSA) is 121 Å². The molecule has 0 spiro atoms. The van der Waals surface area contributed by atoms with Gasteiger partial charge in [-0.15, -0.1) is 0 Å². The number of hydrogen-bond acceptors (Lipinski definition) is 5. The van der Waals surface area contributed by atoms with E-state index < -0.39 is 26.0 Å². The van der Waals surface area contributed by atoms with Crippen molar-refractivity contribution in [1.82, 2.24) is 0 Å². The van der Waals surface area contributed by atoms with Gasteiger partial charge >= 0.3 is 0 Å². The van der Waals surface area contributed by atoms with Crippen LogP contribution in [0.3, 0.4) is 0 Å². The Labute approximate surface area is 220 Å². The van der Waals surface area contributed by atoms with Crippen LogP contribution in [0.1, 0.15) is 15.9 Å². The van der Waals surface area contributed by atoms with Crippen molar-refractivity contribution in [2.24, 2.45) is 0 Å². The van der Waals surface area contributed by atoms with Gasteiger partial charge in [-0.3, -0.25) is 14.2 Å². The number of rotatable bonds is 8.